The topological polar surface area (TPSA) is 49.7 Å². The molecule has 4 aliphatic carbocycles. The molecule has 0 aromatic heterocycles. The van der Waals surface area contributed by atoms with Crippen LogP contribution in [0.25, 0.3) is 0 Å². The summed E-state index contributed by atoms with van der Waals surface area (Å²) in [5.74, 6) is 6.28. The molecule has 6 unspecified atom stereocenters. The number of hydrogen-bond donors (Lipinski definition) is 2. The molecule has 4 fully saturated rings. The first-order chi connectivity index (χ1) is 15.7. The van der Waals surface area contributed by atoms with Gasteiger partial charge >= 0.3 is 0 Å². The molecule has 10 atom stereocenters. The van der Waals surface area contributed by atoms with Crippen LogP contribution in [-0.2, 0) is 4.74 Å². The van der Waals surface area contributed by atoms with Gasteiger partial charge in [0.2, 0.25) is 0 Å². The minimum Gasteiger partial charge on any atom is -0.394 e. The highest BCUT2D eigenvalue weighted by atomic mass is 16.5. The lowest BCUT2D eigenvalue weighted by Gasteiger charge is -2.61. The molecule has 0 aromatic rings. The average molecular weight is 463 g/mol. The van der Waals surface area contributed by atoms with Gasteiger partial charge < -0.3 is 14.9 Å². The molecule has 2 N–H and O–H groups in total. The number of ether oxygens (including phenoxy) is 1. The van der Waals surface area contributed by atoms with E-state index in [-0.39, 0.29) is 19.3 Å². The van der Waals surface area contributed by atoms with E-state index in [0.717, 1.165) is 54.3 Å². The Bertz CT molecular complexity index is 634. The van der Waals surface area contributed by atoms with E-state index in [4.69, 9.17) is 9.84 Å². The molecular weight excluding hydrogens is 408 g/mol. The zero-order valence-electron chi connectivity index (χ0n) is 22.4. The molecule has 0 saturated heterocycles. The SMILES string of the molecule is CC(C)CCC[C@@H](C)[C@H]1CCC2C3CCC4CC(OCC(O)CO)CC[C@]4(C)C3CC[C@@]21C. The van der Waals surface area contributed by atoms with Crippen LogP contribution in [-0.4, -0.2) is 35.6 Å². The molecular formula is C30H54O3. The largest absolute Gasteiger partial charge is 0.394 e. The maximum absolute atomic E-state index is 9.69. The van der Waals surface area contributed by atoms with Crippen LogP contribution < -0.4 is 0 Å². The van der Waals surface area contributed by atoms with Gasteiger partial charge in [0, 0.05) is 0 Å². The first-order valence-corrected chi connectivity index (χ1v) is 14.6. The first-order valence-electron chi connectivity index (χ1n) is 14.6. The van der Waals surface area contributed by atoms with Crippen molar-refractivity contribution in [2.24, 2.45) is 52.3 Å². The van der Waals surface area contributed by atoms with Gasteiger partial charge in [-0.3, -0.25) is 0 Å². The number of aliphatic hydroxyl groups excluding tert-OH is 2. The Morgan fingerprint density at radius 2 is 1.61 bits per heavy atom. The predicted octanol–water partition coefficient (Wildman–Crippen LogP) is 6.85. The van der Waals surface area contributed by atoms with E-state index < -0.39 is 6.10 Å². The van der Waals surface area contributed by atoms with Gasteiger partial charge in [0.05, 0.1) is 19.3 Å². The van der Waals surface area contributed by atoms with Crippen molar-refractivity contribution in [2.45, 2.75) is 124 Å². The van der Waals surface area contributed by atoms with Crippen molar-refractivity contribution in [3.05, 3.63) is 0 Å². The van der Waals surface area contributed by atoms with E-state index in [1.165, 1.54) is 64.2 Å². The highest BCUT2D eigenvalue weighted by molar-refractivity contribution is 5.09. The van der Waals surface area contributed by atoms with Crippen molar-refractivity contribution in [1.29, 1.82) is 0 Å². The molecule has 0 radical (unpaired) electrons. The normalized spacial score (nSPS) is 44.7. The maximum atomic E-state index is 9.69. The van der Waals surface area contributed by atoms with Crippen molar-refractivity contribution in [2.75, 3.05) is 13.2 Å². The summed E-state index contributed by atoms with van der Waals surface area (Å²) < 4.78 is 6.03. The second-order valence-electron chi connectivity index (χ2n) is 13.8. The third kappa shape index (κ3) is 5.08. The van der Waals surface area contributed by atoms with Gasteiger partial charge in [-0.15, -0.1) is 0 Å². The van der Waals surface area contributed by atoms with Crippen LogP contribution in [0.4, 0.5) is 0 Å². The molecule has 0 heterocycles. The summed E-state index contributed by atoms with van der Waals surface area (Å²) in [5, 5.41) is 18.8. The van der Waals surface area contributed by atoms with Crippen LogP contribution in [0.1, 0.15) is 112 Å². The average Bonchev–Trinajstić information content (AvgIpc) is 3.14. The van der Waals surface area contributed by atoms with Gasteiger partial charge in [-0.05, 0) is 110 Å². The Labute approximate surface area is 204 Å². The van der Waals surface area contributed by atoms with Crippen molar-refractivity contribution in [3.8, 4) is 0 Å². The Kier molecular flexibility index (Phi) is 8.24. The van der Waals surface area contributed by atoms with E-state index in [1.807, 2.05) is 0 Å². The van der Waals surface area contributed by atoms with Gasteiger partial charge in [0.15, 0.2) is 0 Å². The first kappa shape index (κ1) is 26.0. The van der Waals surface area contributed by atoms with Crippen molar-refractivity contribution < 1.29 is 14.9 Å². The van der Waals surface area contributed by atoms with Crippen LogP contribution >= 0.6 is 0 Å². The zero-order valence-corrected chi connectivity index (χ0v) is 22.4. The number of hydrogen-bond acceptors (Lipinski definition) is 3. The number of fused-ring (bicyclic) bond motifs is 5. The van der Waals surface area contributed by atoms with Gasteiger partial charge in [-0.1, -0.05) is 53.9 Å². The summed E-state index contributed by atoms with van der Waals surface area (Å²) in [6.45, 7) is 12.7. The Morgan fingerprint density at radius 3 is 2.33 bits per heavy atom. The Hall–Kier alpha value is -0.120. The highest BCUT2D eigenvalue weighted by Gasteiger charge is 2.60. The van der Waals surface area contributed by atoms with E-state index in [1.54, 1.807) is 0 Å². The van der Waals surface area contributed by atoms with Crippen LogP contribution in [0.15, 0.2) is 0 Å². The van der Waals surface area contributed by atoms with E-state index in [9.17, 15) is 5.11 Å². The van der Waals surface area contributed by atoms with Crippen molar-refractivity contribution in [1.82, 2.24) is 0 Å². The maximum Gasteiger partial charge on any atom is 0.100 e. The molecule has 4 saturated carbocycles. The molecule has 0 bridgehead atoms. The Balaban J connectivity index is 1.38. The fourth-order valence-corrected chi connectivity index (χ4v) is 9.69. The fraction of sp³-hybridized carbons (Fsp3) is 1.00. The second-order valence-corrected chi connectivity index (χ2v) is 13.8. The summed E-state index contributed by atoms with van der Waals surface area (Å²) >= 11 is 0. The monoisotopic (exact) mass is 462 g/mol. The van der Waals surface area contributed by atoms with Crippen molar-refractivity contribution >= 4 is 0 Å². The van der Waals surface area contributed by atoms with E-state index >= 15 is 0 Å². The molecule has 4 aliphatic rings. The van der Waals surface area contributed by atoms with Gasteiger partial charge in [0.1, 0.15) is 6.10 Å². The zero-order chi connectivity index (χ0) is 23.8. The van der Waals surface area contributed by atoms with Gasteiger partial charge in [-0.25, -0.2) is 0 Å². The van der Waals surface area contributed by atoms with Gasteiger partial charge in [-0.2, -0.15) is 0 Å². The molecule has 0 spiro atoms. The summed E-state index contributed by atoms with van der Waals surface area (Å²) in [6, 6.07) is 0. The Morgan fingerprint density at radius 1 is 0.879 bits per heavy atom. The third-order valence-corrected chi connectivity index (χ3v) is 11.6. The lowest BCUT2D eigenvalue weighted by molar-refractivity contribution is -0.141. The molecule has 192 valence electrons. The van der Waals surface area contributed by atoms with E-state index in [2.05, 4.69) is 34.6 Å². The lowest BCUT2D eigenvalue weighted by Crippen LogP contribution is -2.54. The molecule has 0 aromatic carbocycles. The number of rotatable bonds is 9. The minimum absolute atomic E-state index is 0.199. The van der Waals surface area contributed by atoms with Crippen LogP contribution in [0.2, 0.25) is 0 Å². The summed E-state index contributed by atoms with van der Waals surface area (Å²) in [6.07, 6.45) is 16.1. The molecule has 0 aliphatic heterocycles. The second kappa shape index (κ2) is 10.5. The van der Waals surface area contributed by atoms with E-state index in [0.29, 0.717) is 10.8 Å². The molecule has 3 nitrogen and oxygen atoms in total. The highest BCUT2D eigenvalue weighted by Crippen LogP contribution is 2.68. The molecule has 0 amide bonds. The summed E-state index contributed by atoms with van der Waals surface area (Å²) in [7, 11) is 0. The van der Waals surface area contributed by atoms with Crippen LogP contribution in [0.5, 0.6) is 0 Å². The molecule has 33 heavy (non-hydrogen) atoms. The smallest absolute Gasteiger partial charge is 0.100 e. The molecule has 4 rings (SSSR count). The minimum atomic E-state index is -0.729. The standard InChI is InChI=1S/C30H54O3/c1-20(2)7-6-8-21(3)26-11-12-27-25-10-9-22-17-24(33-19-23(32)18-31)13-15-29(22,4)28(25)14-16-30(26,27)5/h20-28,31-32H,6-19H2,1-5H3/t21-,22?,23?,24?,25?,26-,27?,28?,29+,30-/m1/s1. The van der Waals surface area contributed by atoms with Crippen LogP contribution in [0.3, 0.4) is 0 Å². The molecule has 3 heteroatoms. The number of aliphatic hydroxyl groups is 2. The fourth-order valence-electron chi connectivity index (χ4n) is 9.69. The quantitative estimate of drug-likeness (QED) is 0.394. The lowest BCUT2D eigenvalue weighted by atomic mass is 9.44. The summed E-state index contributed by atoms with van der Waals surface area (Å²) in [5.41, 5.74) is 1.07. The van der Waals surface area contributed by atoms with Crippen molar-refractivity contribution in [3.63, 3.8) is 0 Å². The van der Waals surface area contributed by atoms with Gasteiger partial charge in [0.25, 0.3) is 0 Å². The third-order valence-electron chi connectivity index (χ3n) is 11.6. The predicted molar refractivity (Wildman–Crippen MR) is 136 cm³/mol. The van der Waals surface area contributed by atoms with Crippen LogP contribution in [0, 0.1) is 52.3 Å². The summed E-state index contributed by atoms with van der Waals surface area (Å²) in [4.78, 5) is 0.